The van der Waals surface area contributed by atoms with Crippen LogP contribution in [-0.4, -0.2) is 37.2 Å². The topological polar surface area (TPSA) is 78.9 Å². The molecule has 0 N–H and O–H groups in total. The normalized spacial score (nSPS) is 12.3. The van der Waals surface area contributed by atoms with Crippen LogP contribution in [0.3, 0.4) is 0 Å². The van der Waals surface area contributed by atoms with Gasteiger partial charge >= 0.3 is 17.9 Å². The number of carbonyl (C=O) groups excluding carboxylic acids is 3. The molecule has 6 heteroatoms. The van der Waals surface area contributed by atoms with Crippen LogP contribution in [0.4, 0.5) is 0 Å². The molecular weight excluding hydrogens is 829 g/mol. The molecule has 0 unspecified atom stereocenters. The highest BCUT2D eigenvalue weighted by Crippen LogP contribution is 2.15. The summed E-state index contributed by atoms with van der Waals surface area (Å²) in [6, 6.07) is 0. The van der Waals surface area contributed by atoms with Gasteiger partial charge in [-0.05, 0) is 103 Å². The van der Waals surface area contributed by atoms with Crippen LogP contribution in [0.5, 0.6) is 0 Å². The van der Waals surface area contributed by atoms with Gasteiger partial charge in [0.1, 0.15) is 13.2 Å². The molecule has 0 heterocycles. The Morgan fingerprint density at radius 2 is 0.537 bits per heavy atom. The fraction of sp³-hybridized carbons (Fsp3) is 0.820. The van der Waals surface area contributed by atoms with Gasteiger partial charge in [0.05, 0.1) is 0 Å². The second kappa shape index (κ2) is 56.0. The average molecular weight is 940 g/mol. The molecule has 0 amide bonds. The summed E-state index contributed by atoms with van der Waals surface area (Å²) >= 11 is 0. The third kappa shape index (κ3) is 54.2. The highest BCUT2D eigenvalue weighted by Gasteiger charge is 2.19. The quantitative estimate of drug-likeness (QED) is 0.0262. The predicted octanol–water partition coefficient (Wildman–Crippen LogP) is 19.4. The van der Waals surface area contributed by atoms with Gasteiger partial charge in [-0.15, -0.1) is 0 Å². The van der Waals surface area contributed by atoms with Crippen LogP contribution in [0.15, 0.2) is 48.6 Å². The Hall–Kier alpha value is -2.63. The van der Waals surface area contributed by atoms with Gasteiger partial charge < -0.3 is 14.2 Å². The Kier molecular flexibility index (Phi) is 53.8. The molecule has 67 heavy (non-hydrogen) atoms. The van der Waals surface area contributed by atoms with Crippen LogP contribution < -0.4 is 0 Å². The number of carbonyl (C=O) groups is 3. The van der Waals surface area contributed by atoms with Crippen LogP contribution >= 0.6 is 0 Å². The van der Waals surface area contributed by atoms with Gasteiger partial charge in [-0.1, -0.05) is 230 Å². The van der Waals surface area contributed by atoms with Crippen molar-refractivity contribution < 1.29 is 28.6 Å². The first-order valence-corrected chi connectivity index (χ1v) is 29.1. The van der Waals surface area contributed by atoms with E-state index in [1.54, 1.807) is 0 Å². The molecular formula is C61H110O6. The summed E-state index contributed by atoms with van der Waals surface area (Å²) in [7, 11) is 0. The molecule has 0 aromatic carbocycles. The van der Waals surface area contributed by atoms with E-state index in [1.165, 1.54) is 180 Å². The number of ether oxygens (including phenoxy) is 3. The summed E-state index contributed by atoms with van der Waals surface area (Å²) < 4.78 is 16.9. The smallest absolute Gasteiger partial charge is 0.306 e. The first-order valence-electron chi connectivity index (χ1n) is 29.1. The van der Waals surface area contributed by atoms with Crippen molar-refractivity contribution in [1.29, 1.82) is 0 Å². The van der Waals surface area contributed by atoms with Crippen molar-refractivity contribution in [3.63, 3.8) is 0 Å². The van der Waals surface area contributed by atoms with Gasteiger partial charge in [0.2, 0.25) is 0 Å². The van der Waals surface area contributed by atoms with Crippen LogP contribution in [0.2, 0.25) is 0 Å². The minimum atomic E-state index is -0.782. The number of unbranched alkanes of at least 4 members (excludes halogenated alkanes) is 34. The molecule has 0 saturated carbocycles. The Morgan fingerprint density at radius 1 is 0.299 bits per heavy atom. The lowest BCUT2D eigenvalue weighted by Crippen LogP contribution is -2.30. The molecule has 1 atom stereocenters. The van der Waals surface area contributed by atoms with E-state index in [9.17, 15) is 14.4 Å². The largest absolute Gasteiger partial charge is 0.462 e. The maximum Gasteiger partial charge on any atom is 0.306 e. The zero-order valence-electron chi connectivity index (χ0n) is 44.7. The lowest BCUT2D eigenvalue weighted by atomic mass is 10.1. The van der Waals surface area contributed by atoms with Crippen molar-refractivity contribution in [2.45, 2.75) is 309 Å². The highest BCUT2D eigenvalue weighted by molar-refractivity contribution is 5.71. The molecule has 0 saturated heterocycles. The molecule has 0 aromatic heterocycles. The van der Waals surface area contributed by atoms with Crippen LogP contribution in [-0.2, 0) is 28.6 Å². The molecule has 0 aromatic rings. The van der Waals surface area contributed by atoms with E-state index in [-0.39, 0.29) is 31.1 Å². The SMILES string of the molecule is CCCCC/C=C\C/C=C\CCCCCCCC(=O)OC[C@H](COC(=O)CCCCCCC/C=C\CCCCCCCC)OC(=O)CCCCCCCCCCC/C=C\CCCCCCCC. The molecule has 0 aliphatic heterocycles. The third-order valence-corrected chi connectivity index (χ3v) is 12.8. The molecule has 390 valence electrons. The maximum atomic E-state index is 12.9. The van der Waals surface area contributed by atoms with Crippen LogP contribution in [0.1, 0.15) is 303 Å². The van der Waals surface area contributed by atoms with E-state index in [1.807, 2.05) is 0 Å². The summed E-state index contributed by atoms with van der Waals surface area (Å²) in [5.41, 5.74) is 0. The summed E-state index contributed by atoms with van der Waals surface area (Å²) in [5, 5.41) is 0. The Balaban J connectivity index is 4.38. The maximum absolute atomic E-state index is 12.9. The lowest BCUT2D eigenvalue weighted by Gasteiger charge is -2.18. The van der Waals surface area contributed by atoms with Crippen molar-refractivity contribution in [1.82, 2.24) is 0 Å². The summed E-state index contributed by atoms with van der Waals surface area (Å²) in [6.07, 6.45) is 68.1. The van der Waals surface area contributed by atoms with E-state index >= 15 is 0 Å². The van der Waals surface area contributed by atoms with Gasteiger partial charge in [0.25, 0.3) is 0 Å². The number of hydrogen-bond donors (Lipinski definition) is 0. The van der Waals surface area contributed by atoms with Crippen molar-refractivity contribution >= 4 is 17.9 Å². The predicted molar refractivity (Wildman–Crippen MR) is 289 cm³/mol. The summed E-state index contributed by atoms with van der Waals surface area (Å²) in [6.45, 7) is 6.61. The van der Waals surface area contributed by atoms with E-state index in [4.69, 9.17) is 14.2 Å². The van der Waals surface area contributed by atoms with E-state index in [2.05, 4.69) is 69.4 Å². The fourth-order valence-electron chi connectivity index (χ4n) is 8.35. The Morgan fingerprint density at radius 3 is 0.866 bits per heavy atom. The van der Waals surface area contributed by atoms with Crippen molar-refractivity contribution in [2.75, 3.05) is 13.2 Å². The number of hydrogen-bond acceptors (Lipinski definition) is 6. The number of allylic oxidation sites excluding steroid dienone is 8. The third-order valence-electron chi connectivity index (χ3n) is 12.8. The van der Waals surface area contributed by atoms with E-state index in [0.29, 0.717) is 19.3 Å². The molecule has 0 rings (SSSR count). The minimum absolute atomic E-state index is 0.0812. The zero-order chi connectivity index (χ0) is 48.6. The second-order valence-corrected chi connectivity index (χ2v) is 19.5. The standard InChI is InChI=1S/C61H110O6/c1-4-7-10-13-16-19-22-25-28-29-30-31-34-37-40-43-46-49-52-55-61(64)67-58(56-65-59(62)53-50-47-44-41-38-35-32-26-23-20-17-14-11-8-5-2)57-66-60(63)54-51-48-45-42-39-36-33-27-24-21-18-15-12-9-6-3/h17,20,25-28,32-33,58H,4-16,18-19,21-24,29-31,34-57H2,1-3H3/b20-17-,28-25-,32-26-,33-27-/t58-/m1/s1. The van der Waals surface area contributed by atoms with Crippen LogP contribution in [0, 0.1) is 0 Å². The van der Waals surface area contributed by atoms with Gasteiger partial charge in [-0.3, -0.25) is 14.4 Å². The molecule has 0 aliphatic rings. The van der Waals surface area contributed by atoms with E-state index < -0.39 is 6.10 Å². The minimum Gasteiger partial charge on any atom is -0.462 e. The number of rotatable bonds is 53. The average Bonchev–Trinajstić information content (AvgIpc) is 3.33. The van der Waals surface area contributed by atoms with E-state index in [0.717, 1.165) is 83.5 Å². The molecule has 0 bridgehead atoms. The molecule has 0 fully saturated rings. The van der Waals surface area contributed by atoms with Gasteiger partial charge in [-0.25, -0.2) is 0 Å². The Bertz CT molecular complexity index is 1170. The van der Waals surface area contributed by atoms with Crippen molar-refractivity contribution in [3.8, 4) is 0 Å². The van der Waals surface area contributed by atoms with Crippen LogP contribution in [0.25, 0.3) is 0 Å². The monoisotopic (exact) mass is 939 g/mol. The molecule has 0 aliphatic carbocycles. The Labute approximate surface area is 416 Å². The lowest BCUT2D eigenvalue weighted by molar-refractivity contribution is -0.167. The highest BCUT2D eigenvalue weighted by atomic mass is 16.6. The summed E-state index contributed by atoms with van der Waals surface area (Å²) in [4.78, 5) is 38.2. The molecule has 0 spiro atoms. The van der Waals surface area contributed by atoms with Gasteiger partial charge in [0.15, 0.2) is 6.10 Å². The fourth-order valence-corrected chi connectivity index (χ4v) is 8.35. The first-order chi connectivity index (χ1) is 33.0. The zero-order valence-corrected chi connectivity index (χ0v) is 44.7. The van der Waals surface area contributed by atoms with Gasteiger partial charge in [0, 0.05) is 19.3 Å². The second-order valence-electron chi connectivity index (χ2n) is 19.5. The summed E-state index contributed by atoms with van der Waals surface area (Å²) in [5.74, 6) is -0.892. The van der Waals surface area contributed by atoms with Gasteiger partial charge in [-0.2, -0.15) is 0 Å². The molecule has 0 radical (unpaired) electrons. The van der Waals surface area contributed by atoms with Crippen molar-refractivity contribution in [3.05, 3.63) is 48.6 Å². The van der Waals surface area contributed by atoms with Crippen molar-refractivity contribution in [2.24, 2.45) is 0 Å². The molecule has 6 nitrogen and oxygen atoms in total. The first kappa shape index (κ1) is 64.4. The number of esters is 3.